The Balaban J connectivity index is 1.22. The number of aromatic amines is 1. The van der Waals surface area contributed by atoms with E-state index in [-0.39, 0.29) is 11.7 Å². The van der Waals surface area contributed by atoms with Crippen LogP contribution in [0.25, 0.3) is 27.6 Å². The molecule has 0 bridgehead atoms. The molecule has 2 N–H and O–H groups in total. The second-order valence-electron chi connectivity index (χ2n) is 10.1. The summed E-state index contributed by atoms with van der Waals surface area (Å²) in [6.45, 7) is 0. The Morgan fingerprint density at radius 1 is 1.00 bits per heavy atom. The lowest BCUT2D eigenvalue weighted by Crippen LogP contribution is -2.48. The highest BCUT2D eigenvalue weighted by Gasteiger charge is 2.33. The number of likely N-dealkylation sites (N-methyl/N-ethyl adjacent to an activating group) is 1. The number of aromatic nitrogens is 6. The highest BCUT2D eigenvalue weighted by molar-refractivity contribution is 6.10. The van der Waals surface area contributed by atoms with Crippen molar-refractivity contribution in [2.75, 3.05) is 11.9 Å². The number of amides is 2. The van der Waals surface area contributed by atoms with Gasteiger partial charge in [-0.3, -0.25) is 23.9 Å². The number of nitrogens with one attached hydrogen (secondary N) is 2. The van der Waals surface area contributed by atoms with Crippen LogP contribution in [-0.4, -0.2) is 54.4 Å². The molecule has 0 fully saturated rings. The first-order valence-corrected chi connectivity index (χ1v) is 13.1. The van der Waals surface area contributed by atoms with Crippen LogP contribution in [0.15, 0.2) is 79.0 Å². The van der Waals surface area contributed by atoms with Crippen molar-refractivity contribution in [2.45, 2.75) is 18.9 Å². The Bertz CT molecular complexity index is 1920. The van der Waals surface area contributed by atoms with E-state index >= 15 is 0 Å². The predicted molar refractivity (Wildman–Crippen MR) is 152 cm³/mol. The second kappa shape index (κ2) is 9.19. The van der Waals surface area contributed by atoms with Gasteiger partial charge in [-0.25, -0.2) is 4.98 Å². The number of carbonyl (C=O) groups is 2. The average Bonchev–Trinajstić information content (AvgIpc) is 3.67. The summed E-state index contributed by atoms with van der Waals surface area (Å²) in [6.07, 6.45) is 2.87. The number of anilines is 1. The summed E-state index contributed by atoms with van der Waals surface area (Å²) < 4.78 is 3.94. The zero-order valence-corrected chi connectivity index (χ0v) is 22.0. The minimum absolute atomic E-state index is 0.00539. The van der Waals surface area contributed by atoms with Gasteiger partial charge in [0.15, 0.2) is 5.82 Å². The normalized spacial score (nSPS) is 15.1. The molecule has 1 aliphatic rings. The third-order valence-corrected chi connectivity index (χ3v) is 7.52. The Labute approximate surface area is 229 Å². The molecule has 198 valence electrons. The summed E-state index contributed by atoms with van der Waals surface area (Å²) in [5.74, 6) is 0.695. The molecule has 10 heteroatoms. The minimum Gasteiger partial charge on any atom is -0.337 e. The maximum absolute atomic E-state index is 13.5. The van der Waals surface area contributed by atoms with Crippen LogP contribution in [0, 0.1) is 0 Å². The molecule has 0 radical (unpaired) electrons. The van der Waals surface area contributed by atoms with Gasteiger partial charge in [0, 0.05) is 43.9 Å². The molecule has 4 heterocycles. The van der Waals surface area contributed by atoms with Crippen molar-refractivity contribution in [1.29, 1.82) is 0 Å². The number of hydrogen-bond donors (Lipinski definition) is 2. The van der Waals surface area contributed by atoms with Crippen LogP contribution in [0.5, 0.6) is 0 Å². The summed E-state index contributed by atoms with van der Waals surface area (Å²) in [5.41, 5.74) is 4.76. The Hall–Kier alpha value is -5.25. The topological polar surface area (TPSA) is 114 Å². The number of carbonyl (C=O) groups excluding carboxylic acids is 2. The van der Waals surface area contributed by atoms with E-state index in [9.17, 15) is 9.59 Å². The van der Waals surface area contributed by atoms with Crippen molar-refractivity contribution in [2.24, 2.45) is 7.05 Å². The second-order valence-corrected chi connectivity index (χ2v) is 10.1. The van der Waals surface area contributed by atoms with Gasteiger partial charge >= 0.3 is 0 Å². The number of benzene rings is 3. The van der Waals surface area contributed by atoms with Gasteiger partial charge < -0.3 is 10.2 Å². The van der Waals surface area contributed by atoms with E-state index < -0.39 is 11.9 Å². The first kappa shape index (κ1) is 23.8. The van der Waals surface area contributed by atoms with Crippen LogP contribution < -0.4 is 10.2 Å². The molecule has 40 heavy (non-hydrogen) atoms. The average molecular weight is 531 g/mol. The van der Waals surface area contributed by atoms with E-state index in [0.717, 1.165) is 44.4 Å². The fourth-order valence-electron chi connectivity index (χ4n) is 5.59. The van der Waals surface area contributed by atoms with Crippen LogP contribution >= 0.6 is 0 Å². The third kappa shape index (κ3) is 3.84. The van der Waals surface area contributed by atoms with E-state index in [4.69, 9.17) is 5.10 Å². The van der Waals surface area contributed by atoms with E-state index in [1.165, 1.54) is 0 Å². The summed E-state index contributed by atoms with van der Waals surface area (Å²) in [5, 5.41) is 16.7. The number of fused-ring (bicyclic) bond motifs is 1. The summed E-state index contributed by atoms with van der Waals surface area (Å²) in [6, 6.07) is 23.0. The fourth-order valence-corrected chi connectivity index (χ4v) is 5.59. The van der Waals surface area contributed by atoms with E-state index in [0.29, 0.717) is 18.7 Å². The van der Waals surface area contributed by atoms with E-state index in [1.54, 1.807) is 11.9 Å². The highest BCUT2D eigenvalue weighted by atomic mass is 16.2. The van der Waals surface area contributed by atoms with Crippen molar-refractivity contribution in [1.82, 2.24) is 34.8 Å². The Morgan fingerprint density at radius 3 is 2.62 bits per heavy atom. The number of nitrogens with zero attached hydrogens (tertiary/aromatic N) is 6. The summed E-state index contributed by atoms with van der Waals surface area (Å²) in [4.78, 5) is 32.7. The maximum atomic E-state index is 13.5. The molecule has 1 aliphatic heterocycles. The van der Waals surface area contributed by atoms with Gasteiger partial charge in [-0.15, -0.1) is 5.10 Å². The van der Waals surface area contributed by atoms with Gasteiger partial charge in [-0.1, -0.05) is 48.5 Å². The smallest absolute Gasteiger partial charge is 0.291 e. The zero-order valence-electron chi connectivity index (χ0n) is 22.0. The van der Waals surface area contributed by atoms with Crippen molar-refractivity contribution < 1.29 is 9.59 Å². The lowest BCUT2D eigenvalue weighted by molar-refractivity contribution is -0.120. The van der Waals surface area contributed by atoms with E-state index in [2.05, 4.69) is 31.1 Å². The lowest BCUT2D eigenvalue weighted by Gasteiger charge is -2.22. The van der Waals surface area contributed by atoms with E-state index in [1.807, 2.05) is 84.7 Å². The van der Waals surface area contributed by atoms with Gasteiger partial charge in [0.1, 0.15) is 11.9 Å². The SMILES string of the molecule is CN1C(=O)[C@@H](NC(=O)c2n[nH]c(Cc3ccccc3)n2)Cc2cn(-c3nn(C)c4ccccc34)c3cccc1c23. The first-order valence-electron chi connectivity index (χ1n) is 13.1. The van der Waals surface area contributed by atoms with Crippen molar-refractivity contribution in [3.8, 4) is 5.82 Å². The molecule has 0 aliphatic carbocycles. The molecular formula is C30H26N8O2. The van der Waals surface area contributed by atoms with Gasteiger partial charge in [-0.2, -0.15) is 5.10 Å². The Kier molecular flexibility index (Phi) is 5.48. The molecule has 2 amide bonds. The van der Waals surface area contributed by atoms with Gasteiger partial charge in [0.2, 0.25) is 11.7 Å². The summed E-state index contributed by atoms with van der Waals surface area (Å²) >= 11 is 0. The lowest BCUT2D eigenvalue weighted by atomic mass is 10.1. The van der Waals surface area contributed by atoms with Gasteiger partial charge in [-0.05, 0) is 35.4 Å². The number of hydrogen-bond acceptors (Lipinski definition) is 5. The van der Waals surface area contributed by atoms with Crippen LogP contribution in [-0.2, 0) is 24.7 Å². The van der Waals surface area contributed by atoms with Gasteiger partial charge in [0.25, 0.3) is 5.91 Å². The highest BCUT2D eigenvalue weighted by Crippen LogP contribution is 2.37. The molecule has 0 unspecified atom stereocenters. The molecule has 3 aromatic heterocycles. The fraction of sp³-hybridized carbons (Fsp3) is 0.167. The number of H-pyrrole nitrogens is 1. The van der Waals surface area contributed by atoms with Crippen molar-refractivity contribution in [3.63, 3.8) is 0 Å². The monoisotopic (exact) mass is 530 g/mol. The molecule has 0 saturated carbocycles. The molecule has 0 spiro atoms. The molecule has 0 saturated heterocycles. The standard InChI is InChI=1S/C30H26N8O2/c1-36-23-13-8-14-24-26(23)19(17-38(24)28-20-11-6-7-12-22(20)37(2)35-28)16-21(30(36)40)31-29(39)27-32-25(33-34-27)15-18-9-4-3-5-10-18/h3-14,17,21H,15-16H2,1-2H3,(H,31,39)(H,32,33,34)/t21-/m0/s1. The predicted octanol–water partition coefficient (Wildman–Crippen LogP) is 3.54. The largest absolute Gasteiger partial charge is 0.337 e. The molecular weight excluding hydrogens is 504 g/mol. The number of rotatable bonds is 5. The number of para-hydroxylation sites is 1. The molecule has 1 atom stereocenters. The van der Waals surface area contributed by atoms with Crippen LogP contribution in [0.1, 0.15) is 27.6 Å². The quantitative estimate of drug-likeness (QED) is 0.354. The maximum Gasteiger partial charge on any atom is 0.291 e. The first-order chi connectivity index (χ1) is 19.5. The zero-order chi connectivity index (χ0) is 27.4. The molecule has 7 rings (SSSR count). The molecule has 10 nitrogen and oxygen atoms in total. The number of aryl methyl sites for hydroxylation is 1. The Morgan fingerprint density at radius 2 is 1.77 bits per heavy atom. The van der Waals surface area contributed by atoms with Crippen LogP contribution in [0.2, 0.25) is 0 Å². The van der Waals surface area contributed by atoms with Crippen LogP contribution in [0.3, 0.4) is 0 Å². The van der Waals surface area contributed by atoms with Crippen molar-refractivity contribution in [3.05, 3.63) is 102 Å². The molecule has 6 aromatic rings. The third-order valence-electron chi connectivity index (χ3n) is 7.52. The molecule has 3 aromatic carbocycles. The summed E-state index contributed by atoms with van der Waals surface area (Å²) in [7, 11) is 3.67. The minimum atomic E-state index is -0.791. The van der Waals surface area contributed by atoms with Crippen molar-refractivity contribution >= 4 is 39.3 Å². The van der Waals surface area contributed by atoms with Crippen LogP contribution in [0.4, 0.5) is 5.69 Å². The van der Waals surface area contributed by atoms with Gasteiger partial charge in [0.05, 0.1) is 16.7 Å².